The standard InChI is InChI=1S/C13H15BrO3/c1-9(2)17-13(16)12(15)11-6-4-3-5-10(11)7-8-14/h3-6,9H,7-8H2,1-2H3. The smallest absolute Gasteiger partial charge is 0.379 e. The fourth-order valence-electron chi connectivity index (χ4n) is 1.44. The van der Waals surface area contributed by atoms with Crippen LogP contribution >= 0.6 is 15.9 Å². The maximum absolute atomic E-state index is 11.9. The maximum atomic E-state index is 11.9. The predicted molar refractivity (Wildman–Crippen MR) is 69.5 cm³/mol. The summed E-state index contributed by atoms with van der Waals surface area (Å²) in [6.07, 6.45) is 0.423. The van der Waals surface area contributed by atoms with Gasteiger partial charge in [0.2, 0.25) is 0 Å². The molecule has 0 aliphatic heterocycles. The first-order chi connectivity index (χ1) is 8.06. The molecule has 0 saturated heterocycles. The fourth-order valence-corrected chi connectivity index (χ4v) is 1.87. The average Bonchev–Trinajstić information content (AvgIpc) is 2.28. The molecule has 0 atom stereocenters. The molecular weight excluding hydrogens is 284 g/mol. The van der Waals surface area contributed by atoms with Gasteiger partial charge in [-0.25, -0.2) is 4.79 Å². The molecule has 0 aliphatic carbocycles. The van der Waals surface area contributed by atoms with Gasteiger partial charge in [-0.3, -0.25) is 4.79 Å². The van der Waals surface area contributed by atoms with Gasteiger partial charge >= 0.3 is 5.97 Å². The molecule has 0 aromatic heterocycles. The monoisotopic (exact) mass is 298 g/mol. The first-order valence-corrected chi connectivity index (χ1v) is 6.57. The van der Waals surface area contributed by atoms with Gasteiger partial charge in [0.15, 0.2) is 0 Å². The Morgan fingerprint density at radius 1 is 1.29 bits per heavy atom. The summed E-state index contributed by atoms with van der Waals surface area (Å²) in [7, 11) is 0. The number of halogens is 1. The van der Waals surface area contributed by atoms with Crippen LogP contribution in [0, 0.1) is 0 Å². The summed E-state index contributed by atoms with van der Waals surface area (Å²) in [5.74, 6) is -1.36. The van der Waals surface area contributed by atoms with Crippen molar-refractivity contribution in [3.8, 4) is 0 Å². The Morgan fingerprint density at radius 2 is 1.94 bits per heavy atom. The number of aryl methyl sites for hydroxylation is 1. The number of esters is 1. The van der Waals surface area contributed by atoms with E-state index in [2.05, 4.69) is 15.9 Å². The molecule has 4 heteroatoms. The Labute approximate surface area is 109 Å². The molecule has 0 saturated carbocycles. The molecule has 0 amide bonds. The van der Waals surface area contributed by atoms with Crippen LogP contribution in [0.5, 0.6) is 0 Å². The van der Waals surface area contributed by atoms with Gasteiger partial charge in [-0.15, -0.1) is 0 Å². The molecule has 0 bridgehead atoms. The third-order valence-electron chi connectivity index (χ3n) is 2.15. The van der Waals surface area contributed by atoms with E-state index in [4.69, 9.17) is 4.74 Å². The topological polar surface area (TPSA) is 43.4 Å². The van der Waals surface area contributed by atoms with E-state index in [0.717, 1.165) is 10.9 Å². The van der Waals surface area contributed by atoms with Crippen molar-refractivity contribution in [3.05, 3.63) is 35.4 Å². The molecule has 17 heavy (non-hydrogen) atoms. The van der Waals surface area contributed by atoms with Crippen LogP contribution in [-0.2, 0) is 16.0 Å². The molecule has 0 aliphatic rings. The molecule has 0 fully saturated rings. The Balaban J connectivity index is 2.91. The lowest BCUT2D eigenvalue weighted by molar-refractivity contribution is -0.141. The van der Waals surface area contributed by atoms with Crippen molar-refractivity contribution in [1.82, 2.24) is 0 Å². The van der Waals surface area contributed by atoms with Crippen LogP contribution in [0.15, 0.2) is 24.3 Å². The third kappa shape index (κ3) is 3.97. The number of carbonyl (C=O) groups is 2. The van der Waals surface area contributed by atoms with Gasteiger partial charge in [0, 0.05) is 10.9 Å². The number of hydrogen-bond donors (Lipinski definition) is 0. The van der Waals surface area contributed by atoms with Gasteiger partial charge in [-0.05, 0) is 25.8 Å². The number of rotatable bonds is 5. The van der Waals surface area contributed by atoms with E-state index in [1.165, 1.54) is 0 Å². The highest BCUT2D eigenvalue weighted by atomic mass is 79.9. The van der Waals surface area contributed by atoms with Gasteiger partial charge in [0.1, 0.15) is 0 Å². The van der Waals surface area contributed by atoms with Gasteiger partial charge < -0.3 is 4.74 Å². The predicted octanol–water partition coefficient (Wildman–Crippen LogP) is 2.76. The van der Waals surface area contributed by atoms with E-state index in [-0.39, 0.29) is 6.10 Å². The van der Waals surface area contributed by atoms with Gasteiger partial charge in [-0.2, -0.15) is 0 Å². The zero-order chi connectivity index (χ0) is 12.8. The molecule has 0 N–H and O–H groups in total. The molecule has 92 valence electrons. The SMILES string of the molecule is CC(C)OC(=O)C(=O)c1ccccc1CCBr. The van der Waals surface area contributed by atoms with Crippen LogP contribution in [-0.4, -0.2) is 23.2 Å². The van der Waals surface area contributed by atoms with Gasteiger partial charge in [0.25, 0.3) is 5.78 Å². The lowest BCUT2D eigenvalue weighted by atomic mass is 10.0. The second kappa shape index (κ2) is 6.55. The second-order valence-electron chi connectivity index (χ2n) is 3.88. The minimum absolute atomic E-state index is 0.283. The van der Waals surface area contributed by atoms with E-state index in [0.29, 0.717) is 12.0 Å². The van der Waals surface area contributed by atoms with E-state index in [1.807, 2.05) is 12.1 Å². The van der Waals surface area contributed by atoms with Crippen LogP contribution in [0.1, 0.15) is 29.8 Å². The Hall–Kier alpha value is -1.16. The highest BCUT2D eigenvalue weighted by Gasteiger charge is 2.21. The largest absolute Gasteiger partial charge is 0.457 e. The van der Waals surface area contributed by atoms with Crippen molar-refractivity contribution < 1.29 is 14.3 Å². The molecule has 0 spiro atoms. The summed E-state index contributed by atoms with van der Waals surface area (Å²) in [6, 6.07) is 7.09. The molecule has 1 aromatic carbocycles. The molecule has 0 unspecified atom stereocenters. The number of Topliss-reactive ketones (excluding diaryl/α,β-unsaturated/α-hetero) is 1. The first kappa shape index (κ1) is 13.9. The lowest BCUT2D eigenvalue weighted by Gasteiger charge is -2.09. The summed E-state index contributed by atoms with van der Waals surface area (Å²) >= 11 is 3.32. The van der Waals surface area contributed by atoms with Crippen molar-refractivity contribution in [2.45, 2.75) is 26.4 Å². The van der Waals surface area contributed by atoms with Crippen molar-refractivity contribution in [2.75, 3.05) is 5.33 Å². The second-order valence-corrected chi connectivity index (χ2v) is 4.67. The minimum Gasteiger partial charge on any atom is -0.457 e. The highest BCUT2D eigenvalue weighted by molar-refractivity contribution is 9.09. The normalized spacial score (nSPS) is 10.4. The van der Waals surface area contributed by atoms with Crippen LogP contribution in [0.2, 0.25) is 0 Å². The van der Waals surface area contributed by atoms with Crippen LogP contribution in [0.3, 0.4) is 0 Å². The first-order valence-electron chi connectivity index (χ1n) is 5.45. The van der Waals surface area contributed by atoms with Crippen molar-refractivity contribution in [1.29, 1.82) is 0 Å². The maximum Gasteiger partial charge on any atom is 0.379 e. The van der Waals surface area contributed by atoms with E-state index < -0.39 is 11.8 Å². The van der Waals surface area contributed by atoms with Crippen molar-refractivity contribution >= 4 is 27.7 Å². The summed E-state index contributed by atoms with van der Waals surface area (Å²) in [4.78, 5) is 23.4. The van der Waals surface area contributed by atoms with Gasteiger partial charge in [0.05, 0.1) is 6.10 Å². The van der Waals surface area contributed by atoms with E-state index in [1.54, 1.807) is 26.0 Å². The zero-order valence-electron chi connectivity index (χ0n) is 9.90. The van der Waals surface area contributed by atoms with Crippen LogP contribution in [0.25, 0.3) is 0 Å². The Morgan fingerprint density at radius 3 is 2.53 bits per heavy atom. The van der Waals surface area contributed by atoms with Gasteiger partial charge in [-0.1, -0.05) is 40.2 Å². The summed E-state index contributed by atoms with van der Waals surface area (Å²) < 4.78 is 4.90. The van der Waals surface area contributed by atoms with E-state index in [9.17, 15) is 9.59 Å². The average molecular weight is 299 g/mol. The molecule has 1 rings (SSSR count). The Bertz CT molecular complexity index is 413. The highest BCUT2D eigenvalue weighted by Crippen LogP contribution is 2.12. The number of hydrogen-bond acceptors (Lipinski definition) is 3. The number of alkyl halides is 1. The fraction of sp³-hybridized carbons (Fsp3) is 0.385. The Kier molecular flexibility index (Phi) is 5.35. The van der Waals surface area contributed by atoms with Crippen LogP contribution in [0.4, 0.5) is 0 Å². The third-order valence-corrected chi connectivity index (χ3v) is 2.55. The molecular formula is C13H15BrO3. The lowest BCUT2D eigenvalue weighted by Crippen LogP contribution is -2.22. The quantitative estimate of drug-likeness (QED) is 0.363. The van der Waals surface area contributed by atoms with Crippen LogP contribution < -0.4 is 0 Å². The summed E-state index contributed by atoms with van der Waals surface area (Å²) in [6.45, 7) is 3.44. The molecule has 1 aromatic rings. The number of ether oxygens (including phenoxy) is 1. The van der Waals surface area contributed by atoms with E-state index >= 15 is 0 Å². The summed E-state index contributed by atoms with van der Waals surface area (Å²) in [5, 5.41) is 0.747. The summed E-state index contributed by atoms with van der Waals surface area (Å²) in [5.41, 5.74) is 1.28. The molecule has 0 radical (unpaired) electrons. The zero-order valence-corrected chi connectivity index (χ0v) is 11.5. The number of carbonyl (C=O) groups excluding carboxylic acids is 2. The molecule has 3 nitrogen and oxygen atoms in total. The minimum atomic E-state index is -0.790. The number of ketones is 1. The van der Waals surface area contributed by atoms with Crippen molar-refractivity contribution in [2.24, 2.45) is 0 Å². The number of benzene rings is 1. The van der Waals surface area contributed by atoms with Crippen molar-refractivity contribution in [3.63, 3.8) is 0 Å². The molecule has 0 heterocycles.